The molecule has 0 atom stereocenters. The Bertz CT molecular complexity index is 1330. The maximum atomic E-state index is 13.1. The summed E-state index contributed by atoms with van der Waals surface area (Å²) in [6.07, 6.45) is 0.532. The van der Waals surface area contributed by atoms with Crippen molar-refractivity contribution >= 4 is 17.3 Å². The molecule has 1 aromatic heterocycles. The van der Waals surface area contributed by atoms with Crippen molar-refractivity contribution in [2.75, 3.05) is 31.5 Å². The minimum Gasteiger partial charge on any atom is -0.370 e. The number of ketones is 1. The number of nitro benzene ring substituents is 1. The normalized spacial score (nSPS) is 11.0. The lowest BCUT2D eigenvalue weighted by molar-refractivity contribution is -0.384. The lowest BCUT2D eigenvalue weighted by Crippen LogP contribution is -2.38. The molecule has 0 fully saturated rings. The van der Waals surface area contributed by atoms with E-state index in [1.54, 1.807) is 37.4 Å². The number of nitrogens with one attached hydrogen (secondary N) is 1. The Morgan fingerprint density at radius 2 is 1.74 bits per heavy atom. The molecule has 10 heteroatoms. The van der Waals surface area contributed by atoms with Crippen molar-refractivity contribution in [3.63, 3.8) is 0 Å². The fourth-order valence-corrected chi connectivity index (χ4v) is 3.80. The number of hydrogen-bond donors (Lipinski definition) is 1. The zero-order chi connectivity index (χ0) is 25.5. The summed E-state index contributed by atoms with van der Waals surface area (Å²) < 4.78 is 2.43. The van der Waals surface area contributed by atoms with Crippen LogP contribution in [0.2, 0.25) is 0 Å². The Hall–Kier alpha value is -4.05. The Kier molecular flexibility index (Phi) is 8.32. The summed E-state index contributed by atoms with van der Waals surface area (Å²) >= 11 is 0. The van der Waals surface area contributed by atoms with Gasteiger partial charge in [-0.3, -0.25) is 28.8 Å². The molecule has 0 amide bonds. The summed E-state index contributed by atoms with van der Waals surface area (Å²) in [4.78, 5) is 50.0. The van der Waals surface area contributed by atoms with Crippen LogP contribution in [-0.4, -0.2) is 50.9 Å². The predicted octanol–water partition coefficient (Wildman–Crippen LogP) is 2.20. The second-order valence-electron chi connectivity index (χ2n) is 8.17. The van der Waals surface area contributed by atoms with Crippen LogP contribution >= 0.6 is 0 Å². The lowest BCUT2D eigenvalue weighted by atomic mass is 9.96. The summed E-state index contributed by atoms with van der Waals surface area (Å²) in [6, 6.07) is 14.5. The summed E-state index contributed by atoms with van der Waals surface area (Å²) in [5.41, 5.74) is 0.645. The highest BCUT2D eigenvalue weighted by molar-refractivity contribution is 6.10. The zero-order valence-electron chi connectivity index (χ0n) is 20.1. The monoisotopic (exact) mass is 479 g/mol. The molecular formula is C25H29N5O5. The van der Waals surface area contributed by atoms with Crippen LogP contribution in [0.5, 0.6) is 0 Å². The molecule has 0 aliphatic rings. The van der Waals surface area contributed by atoms with Crippen LogP contribution < -0.4 is 16.6 Å². The molecule has 0 unspecified atom stereocenters. The van der Waals surface area contributed by atoms with Gasteiger partial charge in [0, 0.05) is 63.1 Å². The molecule has 35 heavy (non-hydrogen) atoms. The van der Waals surface area contributed by atoms with Gasteiger partial charge in [0.25, 0.3) is 11.2 Å². The molecule has 1 N–H and O–H groups in total. The number of carbonyl (C=O) groups is 1. The molecule has 0 radical (unpaired) electrons. The van der Waals surface area contributed by atoms with E-state index in [9.17, 15) is 24.5 Å². The Morgan fingerprint density at radius 1 is 1.03 bits per heavy atom. The first-order chi connectivity index (χ1) is 16.7. The Labute approximate surface area is 202 Å². The van der Waals surface area contributed by atoms with Gasteiger partial charge in [0.05, 0.1) is 4.92 Å². The third-order valence-electron chi connectivity index (χ3n) is 5.99. The van der Waals surface area contributed by atoms with Crippen molar-refractivity contribution in [3.8, 4) is 0 Å². The highest BCUT2D eigenvalue weighted by atomic mass is 16.6. The van der Waals surface area contributed by atoms with E-state index in [1.807, 2.05) is 13.0 Å². The molecule has 0 aliphatic heterocycles. The first-order valence-electron chi connectivity index (χ1n) is 11.3. The largest absolute Gasteiger partial charge is 0.370 e. The number of nitrogens with zero attached hydrogens (tertiary/aromatic N) is 4. The molecule has 184 valence electrons. The second-order valence-corrected chi connectivity index (χ2v) is 8.17. The van der Waals surface area contributed by atoms with E-state index in [1.165, 1.54) is 29.8 Å². The van der Waals surface area contributed by atoms with E-state index in [0.717, 1.165) is 16.7 Å². The van der Waals surface area contributed by atoms with Gasteiger partial charge in [0.1, 0.15) is 5.82 Å². The molecule has 10 nitrogen and oxygen atoms in total. The van der Waals surface area contributed by atoms with Gasteiger partial charge < -0.3 is 10.2 Å². The number of likely N-dealkylation sites (N-methyl/N-ethyl adjacent to an activating group) is 1. The standard InChI is InChI=1S/C25H29N5O5/c1-4-29(15-13-26-22-17-23(31)28(3)25(33)27(22)2)14-12-18-10-11-20(30(34)35)16-21(18)24(32)19-8-6-5-7-9-19/h5-11,16-17,26H,4,12-15H2,1-3H3. The summed E-state index contributed by atoms with van der Waals surface area (Å²) in [7, 11) is 3.03. The number of anilines is 1. The maximum absolute atomic E-state index is 13.1. The third-order valence-corrected chi connectivity index (χ3v) is 5.99. The zero-order valence-corrected chi connectivity index (χ0v) is 20.1. The SMILES string of the molecule is CCN(CCNc1cc(=O)n(C)c(=O)n1C)CCc1ccc([N+](=O)[O-])cc1C(=O)c1ccccc1. The Balaban J connectivity index is 1.70. The van der Waals surface area contributed by atoms with E-state index in [0.29, 0.717) is 43.0 Å². The van der Waals surface area contributed by atoms with Gasteiger partial charge in [-0.05, 0) is 18.5 Å². The molecule has 0 spiro atoms. The fraction of sp³-hybridized carbons (Fsp3) is 0.320. The Morgan fingerprint density at radius 3 is 2.40 bits per heavy atom. The van der Waals surface area contributed by atoms with Crippen LogP contribution in [0.15, 0.2) is 64.2 Å². The van der Waals surface area contributed by atoms with Gasteiger partial charge in [-0.25, -0.2) is 4.79 Å². The highest BCUT2D eigenvalue weighted by Crippen LogP contribution is 2.22. The summed E-state index contributed by atoms with van der Waals surface area (Å²) in [5.74, 6) is 0.195. The number of benzene rings is 2. The van der Waals surface area contributed by atoms with E-state index < -0.39 is 10.6 Å². The van der Waals surface area contributed by atoms with Gasteiger partial charge in [-0.2, -0.15) is 0 Å². The van der Waals surface area contributed by atoms with Crippen molar-refractivity contribution in [2.45, 2.75) is 13.3 Å². The van der Waals surface area contributed by atoms with Gasteiger partial charge in [-0.1, -0.05) is 43.3 Å². The van der Waals surface area contributed by atoms with Crippen LogP contribution in [-0.2, 0) is 20.5 Å². The lowest BCUT2D eigenvalue weighted by Gasteiger charge is -2.22. The minimum atomic E-state index is -0.500. The first kappa shape index (κ1) is 25.6. The highest BCUT2D eigenvalue weighted by Gasteiger charge is 2.18. The number of non-ortho nitro benzene ring substituents is 1. The average Bonchev–Trinajstić information content (AvgIpc) is 2.87. The smallest absolute Gasteiger partial charge is 0.332 e. The topological polar surface area (TPSA) is 119 Å². The van der Waals surface area contributed by atoms with Crippen LogP contribution in [0.1, 0.15) is 28.4 Å². The van der Waals surface area contributed by atoms with Crippen molar-refractivity contribution in [1.29, 1.82) is 0 Å². The number of carbonyl (C=O) groups excluding carboxylic acids is 1. The maximum Gasteiger partial charge on any atom is 0.332 e. The van der Waals surface area contributed by atoms with Crippen molar-refractivity contribution in [1.82, 2.24) is 14.0 Å². The van der Waals surface area contributed by atoms with E-state index in [-0.39, 0.29) is 17.0 Å². The fourth-order valence-electron chi connectivity index (χ4n) is 3.80. The van der Waals surface area contributed by atoms with Crippen molar-refractivity contribution < 1.29 is 9.72 Å². The van der Waals surface area contributed by atoms with E-state index in [4.69, 9.17) is 0 Å². The quantitative estimate of drug-likeness (QED) is 0.254. The van der Waals surface area contributed by atoms with E-state index >= 15 is 0 Å². The molecule has 0 saturated heterocycles. The van der Waals surface area contributed by atoms with E-state index in [2.05, 4.69) is 10.2 Å². The number of rotatable bonds is 11. The number of hydrogen-bond acceptors (Lipinski definition) is 7. The molecule has 0 saturated carbocycles. The van der Waals surface area contributed by atoms with Crippen LogP contribution in [0.25, 0.3) is 0 Å². The van der Waals surface area contributed by atoms with Gasteiger partial charge in [0.15, 0.2) is 5.78 Å². The molecular weight excluding hydrogens is 450 g/mol. The van der Waals surface area contributed by atoms with Crippen LogP contribution in [0.3, 0.4) is 0 Å². The number of nitro groups is 1. The third kappa shape index (κ3) is 6.10. The second kappa shape index (κ2) is 11.4. The predicted molar refractivity (Wildman–Crippen MR) is 134 cm³/mol. The van der Waals surface area contributed by atoms with Gasteiger partial charge in [-0.15, -0.1) is 0 Å². The molecule has 0 bridgehead atoms. The molecule has 1 heterocycles. The molecule has 2 aromatic carbocycles. The van der Waals surface area contributed by atoms with Gasteiger partial charge in [0.2, 0.25) is 0 Å². The van der Waals surface area contributed by atoms with Crippen LogP contribution in [0.4, 0.5) is 11.5 Å². The van der Waals surface area contributed by atoms with Crippen molar-refractivity contribution in [2.24, 2.45) is 14.1 Å². The van der Waals surface area contributed by atoms with Crippen molar-refractivity contribution in [3.05, 3.63) is 102 Å². The average molecular weight is 480 g/mol. The molecule has 0 aliphatic carbocycles. The summed E-state index contributed by atoms with van der Waals surface area (Å²) in [6.45, 7) is 4.52. The molecule has 3 rings (SSSR count). The minimum absolute atomic E-state index is 0.121. The number of aromatic nitrogens is 2. The van der Waals surface area contributed by atoms with Gasteiger partial charge >= 0.3 is 5.69 Å². The first-order valence-corrected chi connectivity index (χ1v) is 11.3. The summed E-state index contributed by atoms with van der Waals surface area (Å²) in [5, 5.41) is 14.4. The van der Waals surface area contributed by atoms with Crippen LogP contribution in [0, 0.1) is 10.1 Å². The molecule has 3 aromatic rings.